The quantitative estimate of drug-likeness (QED) is 0.749. The van der Waals surface area contributed by atoms with Crippen LogP contribution in [0.1, 0.15) is 30.8 Å². The summed E-state index contributed by atoms with van der Waals surface area (Å²) < 4.78 is 0. The molecule has 0 atom stereocenters. The predicted octanol–water partition coefficient (Wildman–Crippen LogP) is 3.76. The third-order valence-electron chi connectivity index (χ3n) is 3.88. The lowest BCUT2D eigenvalue weighted by Gasteiger charge is -2.19. The largest absolute Gasteiger partial charge is 0.337 e. The summed E-state index contributed by atoms with van der Waals surface area (Å²) in [7, 11) is 0. The van der Waals surface area contributed by atoms with Gasteiger partial charge in [0.1, 0.15) is 10.8 Å². The van der Waals surface area contributed by atoms with Gasteiger partial charge in [0.25, 0.3) is 5.91 Å². The van der Waals surface area contributed by atoms with E-state index in [4.69, 9.17) is 11.6 Å². The Hall–Kier alpha value is -1.61. The third kappa shape index (κ3) is 2.38. The van der Waals surface area contributed by atoms with Crippen LogP contribution >= 0.6 is 11.6 Å². The molecule has 0 unspecified atom stereocenters. The van der Waals surface area contributed by atoms with Gasteiger partial charge in [0, 0.05) is 18.5 Å². The Morgan fingerprint density at radius 2 is 2.10 bits per heavy atom. The first-order chi connectivity index (χ1) is 9.46. The van der Waals surface area contributed by atoms with E-state index in [1.54, 1.807) is 0 Å². The van der Waals surface area contributed by atoms with Gasteiger partial charge in [-0.25, -0.2) is 4.98 Å². The van der Waals surface area contributed by atoms with Crippen LogP contribution in [0.3, 0.4) is 0 Å². The highest BCUT2D eigenvalue weighted by molar-refractivity contribution is 6.34. The van der Waals surface area contributed by atoms with Crippen LogP contribution in [0, 0.1) is 5.41 Å². The lowest BCUT2D eigenvalue weighted by atomic mass is 9.93. The van der Waals surface area contributed by atoms with Crippen molar-refractivity contribution in [2.24, 2.45) is 5.41 Å². The molecular formula is C16H17ClN2O. The van der Waals surface area contributed by atoms with Crippen LogP contribution in [0.25, 0.3) is 10.8 Å². The summed E-state index contributed by atoms with van der Waals surface area (Å²) in [6, 6.07) is 9.55. The molecule has 0 saturated carbocycles. The zero-order chi connectivity index (χ0) is 14.3. The van der Waals surface area contributed by atoms with Gasteiger partial charge in [0.2, 0.25) is 0 Å². The number of halogens is 1. The minimum atomic E-state index is -0.0248. The molecule has 1 aromatic carbocycles. The van der Waals surface area contributed by atoms with E-state index in [1.165, 1.54) is 0 Å². The number of aromatic nitrogens is 1. The third-order valence-corrected chi connectivity index (χ3v) is 4.17. The fourth-order valence-corrected chi connectivity index (χ4v) is 2.98. The number of pyridine rings is 1. The highest BCUT2D eigenvalue weighted by Gasteiger charge is 2.33. The molecule has 1 aliphatic heterocycles. The minimum absolute atomic E-state index is 0.0248. The molecule has 0 bridgehead atoms. The molecule has 3 rings (SSSR count). The van der Waals surface area contributed by atoms with Crippen LogP contribution in [0.15, 0.2) is 30.3 Å². The molecule has 1 amide bonds. The van der Waals surface area contributed by atoms with Gasteiger partial charge in [-0.3, -0.25) is 4.79 Å². The summed E-state index contributed by atoms with van der Waals surface area (Å²) >= 11 is 6.19. The number of likely N-dealkylation sites (tertiary alicyclic amines) is 1. The monoisotopic (exact) mass is 288 g/mol. The molecule has 0 N–H and O–H groups in total. The maximum Gasteiger partial charge on any atom is 0.272 e. The normalized spacial score (nSPS) is 17.6. The van der Waals surface area contributed by atoms with Gasteiger partial charge >= 0.3 is 0 Å². The molecule has 0 aliphatic carbocycles. The van der Waals surface area contributed by atoms with Gasteiger partial charge in [0.15, 0.2) is 0 Å². The molecule has 4 heteroatoms. The van der Waals surface area contributed by atoms with Gasteiger partial charge in [-0.2, -0.15) is 0 Å². The van der Waals surface area contributed by atoms with E-state index in [0.717, 1.165) is 30.3 Å². The number of rotatable bonds is 1. The van der Waals surface area contributed by atoms with Crippen LogP contribution in [-0.2, 0) is 0 Å². The van der Waals surface area contributed by atoms with Crippen molar-refractivity contribution < 1.29 is 4.79 Å². The Kier molecular flexibility index (Phi) is 3.17. The number of amides is 1. The van der Waals surface area contributed by atoms with E-state index in [9.17, 15) is 4.79 Å². The molecule has 1 fully saturated rings. The van der Waals surface area contributed by atoms with Gasteiger partial charge in [-0.05, 0) is 23.3 Å². The smallest absolute Gasteiger partial charge is 0.272 e. The van der Waals surface area contributed by atoms with E-state index >= 15 is 0 Å². The molecule has 1 saturated heterocycles. The summed E-state index contributed by atoms with van der Waals surface area (Å²) in [5.74, 6) is -0.0248. The van der Waals surface area contributed by atoms with Crippen molar-refractivity contribution in [3.05, 3.63) is 41.2 Å². The fourth-order valence-electron chi connectivity index (χ4n) is 2.71. The highest BCUT2D eigenvalue weighted by atomic mass is 35.5. The topological polar surface area (TPSA) is 33.2 Å². The standard InChI is InChI=1S/C16H17ClN2O/c1-16(2)7-8-19(10-16)15(20)13-9-11-5-3-4-6-12(11)14(17)18-13/h3-6,9H,7-8,10H2,1-2H3. The molecule has 2 aromatic rings. The van der Waals surface area contributed by atoms with Crippen LogP contribution in [0.2, 0.25) is 5.15 Å². The molecule has 1 aliphatic rings. The first-order valence-electron chi connectivity index (χ1n) is 6.81. The Labute approximate surface area is 123 Å². The van der Waals surface area contributed by atoms with Crippen molar-refractivity contribution in [3.8, 4) is 0 Å². The van der Waals surface area contributed by atoms with Crippen molar-refractivity contribution >= 4 is 28.3 Å². The maximum absolute atomic E-state index is 12.5. The Balaban J connectivity index is 1.96. The van der Waals surface area contributed by atoms with Crippen LogP contribution in [0.5, 0.6) is 0 Å². The Bertz CT molecular complexity index is 681. The zero-order valence-corrected chi connectivity index (χ0v) is 12.4. The molecule has 0 spiro atoms. The van der Waals surface area contributed by atoms with Gasteiger partial charge in [0.05, 0.1) is 0 Å². The first kappa shape index (κ1) is 13.4. The number of fused-ring (bicyclic) bond motifs is 1. The lowest BCUT2D eigenvalue weighted by Crippen LogP contribution is -2.30. The van der Waals surface area contributed by atoms with Crippen molar-refractivity contribution in [3.63, 3.8) is 0 Å². The van der Waals surface area contributed by atoms with E-state index in [-0.39, 0.29) is 11.3 Å². The Morgan fingerprint density at radius 1 is 1.35 bits per heavy atom. The van der Waals surface area contributed by atoms with Crippen molar-refractivity contribution in [2.45, 2.75) is 20.3 Å². The molecular weight excluding hydrogens is 272 g/mol. The number of nitrogens with zero attached hydrogens (tertiary/aromatic N) is 2. The van der Waals surface area contributed by atoms with Crippen LogP contribution in [-0.4, -0.2) is 28.9 Å². The lowest BCUT2D eigenvalue weighted by molar-refractivity contribution is 0.0772. The van der Waals surface area contributed by atoms with Crippen LogP contribution < -0.4 is 0 Å². The molecule has 2 heterocycles. The summed E-state index contributed by atoms with van der Waals surface area (Å²) in [6.45, 7) is 5.93. The van der Waals surface area contributed by atoms with E-state index in [0.29, 0.717) is 10.8 Å². The average molecular weight is 289 g/mol. The summed E-state index contributed by atoms with van der Waals surface area (Å²) in [5, 5.41) is 2.23. The first-order valence-corrected chi connectivity index (χ1v) is 7.19. The zero-order valence-electron chi connectivity index (χ0n) is 11.7. The van der Waals surface area contributed by atoms with Gasteiger partial charge in [-0.1, -0.05) is 49.7 Å². The van der Waals surface area contributed by atoms with E-state index in [1.807, 2.05) is 35.2 Å². The summed E-state index contributed by atoms with van der Waals surface area (Å²) in [5.41, 5.74) is 0.627. The second kappa shape index (κ2) is 4.74. The molecule has 104 valence electrons. The van der Waals surface area contributed by atoms with Crippen molar-refractivity contribution in [1.29, 1.82) is 0 Å². The SMILES string of the molecule is CC1(C)CCN(C(=O)c2cc3ccccc3c(Cl)n2)C1. The van der Waals surface area contributed by atoms with Gasteiger partial charge in [-0.15, -0.1) is 0 Å². The molecule has 3 nitrogen and oxygen atoms in total. The Morgan fingerprint density at radius 3 is 2.80 bits per heavy atom. The molecule has 20 heavy (non-hydrogen) atoms. The number of carbonyl (C=O) groups is 1. The number of hydrogen-bond donors (Lipinski definition) is 0. The predicted molar refractivity (Wildman–Crippen MR) is 81.1 cm³/mol. The fraction of sp³-hybridized carbons (Fsp3) is 0.375. The van der Waals surface area contributed by atoms with E-state index in [2.05, 4.69) is 18.8 Å². The van der Waals surface area contributed by atoms with Gasteiger partial charge < -0.3 is 4.90 Å². The number of carbonyl (C=O) groups excluding carboxylic acids is 1. The second-order valence-corrected chi connectivity index (χ2v) is 6.52. The van der Waals surface area contributed by atoms with E-state index < -0.39 is 0 Å². The summed E-state index contributed by atoms with van der Waals surface area (Å²) in [4.78, 5) is 18.7. The average Bonchev–Trinajstić information content (AvgIpc) is 2.78. The van der Waals surface area contributed by atoms with Crippen molar-refractivity contribution in [2.75, 3.05) is 13.1 Å². The maximum atomic E-state index is 12.5. The molecule has 0 radical (unpaired) electrons. The number of benzene rings is 1. The van der Waals surface area contributed by atoms with Crippen molar-refractivity contribution in [1.82, 2.24) is 9.88 Å². The second-order valence-electron chi connectivity index (χ2n) is 6.16. The molecule has 1 aromatic heterocycles. The van der Waals surface area contributed by atoms with Crippen LogP contribution in [0.4, 0.5) is 0 Å². The summed E-state index contributed by atoms with van der Waals surface area (Å²) in [6.07, 6.45) is 1.03. The highest BCUT2D eigenvalue weighted by Crippen LogP contribution is 2.30. The minimum Gasteiger partial charge on any atom is -0.337 e. The number of hydrogen-bond acceptors (Lipinski definition) is 2.